The lowest BCUT2D eigenvalue weighted by atomic mass is 10.2. The van der Waals surface area contributed by atoms with Crippen LogP contribution in [0.1, 0.15) is 17.3 Å². The number of carbonyl (C=O) groups is 1. The summed E-state index contributed by atoms with van der Waals surface area (Å²) in [5, 5.41) is 3.21. The quantitative estimate of drug-likeness (QED) is 0.730. The molecule has 0 saturated heterocycles. The van der Waals surface area contributed by atoms with Gasteiger partial charge in [0.2, 0.25) is 5.91 Å². The van der Waals surface area contributed by atoms with E-state index >= 15 is 0 Å². The van der Waals surface area contributed by atoms with Crippen molar-refractivity contribution in [3.05, 3.63) is 29.8 Å². The van der Waals surface area contributed by atoms with Crippen molar-refractivity contribution in [2.45, 2.75) is 19.3 Å². The van der Waals surface area contributed by atoms with E-state index in [1.165, 1.54) is 0 Å². The van der Waals surface area contributed by atoms with Crippen molar-refractivity contribution in [3.63, 3.8) is 0 Å². The zero-order valence-corrected chi connectivity index (χ0v) is 10.3. The smallest absolute Gasteiger partial charge is 0.248 e. The number of benzene rings is 1. The van der Waals surface area contributed by atoms with Gasteiger partial charge in [0.05, 0.1) is 6.04 Å². The number of hydrogen-bond donors (Lipinski definition) is 2. The fraction of sp³-hybridized carbons (Fsp3) is 0.417. The van der Waals surface area contributed by atoms with Crippen molar-refractivity contribution >= 4 is 11.6 Å². The van der Waals surface area contributed by atoms with Crippen molar-refractivity contribution in [2.24, 2.45) is 5.73 Å². The van der Waals surface area contributed by atoms with E-state index in [0.29, 0.717) is 5.56 Å². The number of primary amides is 1. The van der Waals surface area contributed by atoms with E-state index in [-0.39, 0.29) is 12.3 Å². The topological polar surface area (TPSA) is 73.6 Å². The Hall–Kier alpha value is -1.59. The van der Waals surface area contributed by atoms with Gasteiger partial charge in [-0.1, -0.05) is 0 Å². The van der Waals surface area contributed by atoms with Crippen LogP contribution in [0.15, 0.2) is 24.3 Å². The van der Waals surface area contributed by atoms with Gasteiger partial charge in [-0.2, -0.15) is 0 Å². The van der Waals surface area contributed by atoms with Crippen molar-refractivity contribution in [2.75, 3.05) is 19.5 Å². The van der Waals surface area contributed by atoms with Crippen LogP contribution >= 0.6 is 0 Å². The van der Waals surface area contributed by atoms with E-state index in [1.807, 2.05) is 6.92 Å². The predicted molar refractivity (Wildman–Crippen MR) is 65.9 cm³/mol. The second-order valence-electron chi connectivity index (χ2n) is 3.71. The Morgan fingerprint density at radius 1 is 1.24 bits per heavy atom. The molecule has 1 amide bonds. The molecule has 0 aliphatic carbocycles. The van der Waals surface area contributed by atoms with Crippen LogP contribution in [0.25, 0.3) is 0 Å². The number of nitrogens with one attached hydrogen (secondary N) is 1. The highest BCUT2D eigenvalue weighted by Crippen LogP contribution is 2.12. The van der Waals surface area contributed by atoms with Crippen LogP contribution in [0.3, 0.4) is 0 Å². The summed E-state index contributed by atoms with van der Waals surface area (Å²) in [4.78, 5) is 10.9. The van der Waals surface area contributed by atoms with Gasteiger partial charge in [-0.3, -0.25) is 4.79 Å². The van der Waals surface area contributed by atoms with Crippen LogP contribution < -0.4 is 11.1 Å². The molecule has 0 heterocycles. The first kappa shape index (κ1) is 13.5. The van der Waals surface area contributed by atoms with Crippen LogP contribution in [0.2, 0.25) is 0 Å². The molecule has 1 aromatic carbocycles. The molecule has 0 aliphatic rings. The molecule has 17 heavy (non-hydrogen) atoms. The van der Waals surface area contributed by atoms with E-state index in [0.717, 1.165) is 5.69 Å². The minimum Gasteiger partial charge on any atom is -0.377 e. The summed E-state index contributed by atoms with van der Waals surface area (Å²) in [7, 11) is 3.17. The number of rotatable bonds is 6. The summed E-state index contributed by atoms with van der Waals surface area (Å²) in [6, 6.07) is 6.92. The van der Waals surface area contributed by atoms with Crippen LogP contribution in [-0.4, -0.2) is 32.5 Å². The van der Waals surface area contributed by atoms with Crippen molar-refractivity contribution in [1.29, 1.82) is 0 Å². The lowest BCUT2D eigenvalue weighted by Gasteiger charge is -2.23. The third-order valence-electron chi connectivity index (χ3n) is 2.44. The van der Waals surface area contributed by atoms with E-state index < -0.39 is 5.91 Å². The first-order valence-corrected chi connectivity index (χ1v) is 5.30. The van der Waals surface area contributed by atoms with Crippen molar-refractivity contribution in [1.82, 2.24) is 0 Å². The molecule has 0 aliphatic heterocycles. The van der Waals surface area contributed by atoms with Gasteiger partial charge in [0.15, 0.2) is 6.29 Å². The molecule has 3 N–H and O–H groups in total. The average Bonchev–Trinajstić information content (AvgIpc) is 2.31. The third kappa shape index (κ3) is 3.72. The maximum absolute atomic E-state index is 10.9. The molecule has 5 nitrogen and oxygen atoms in total. The number of ether oxygens (including phenoxy) is 2. The largest absolute Gasteiger partial charge is 0.377 e. The van der Waals surface area contributed by atoms with Gasteiger partial charge < -0.3 is 20.5 Å². The third-order valence-corrected chi connectivity index (χ3v) is 2.44. The van der Waals surface area contributed by atoms with Gasteiger partial charge in [-0.15, -0.1) is 0 Å². The fourth-order valence-corrected chi connectivity index (χ4v) is 1.57. The molecular formula is C12H18N2O3. The Bertz CT molecular complexity index is 361. The Balaban J connectivity index is 2.65. The van der Waals surface area contributed by atoms with Crippen LogP contribution in [0.5, 0.6) is 0 Å². The number of methoxy groups -OCH3 is 2. The van der Waals surface area contributed by atoms with Crippen molar-refractivity contribution < 1.29 is 14.3 Å². The Morgan fingerprint density at radius 3 is 2.18 bits per heavy atom. The number of amides is 1. The Labute approximate surface area is 101 Å². The highest BCUT2D eigenvalue weighted by molar-refractivity contribution is 5.93. The predicted octanol–water partition coefficient (Wildman–Crippen LogP) is 1.20. The lowest BCUT2D eigenvalue weighted by molar-refractivity contribution is -0.109. The number of carbonyl (C=O) groups excluding carboxylic acids is 1. The van der Waals surface area contributed by atoms with Gasteiger partial charge in [-0.25, -0.2) is 0 Å². The molecule has 0 aromatic heterocycles. The normalized spacial score (nSPS) is 12.5. The standard InChI is InChI=1S/C12H18N2O3/c1-8(12(16-2)17-3)14-10-6-4-9(5-7-10)11(13)15/h4-8,12,14H,1-3H3,(H2,13,15). The first-order valence-electron chi connectivity index (χ1n) is 5.30. The van der Waals surface area contributed by atoms with Crippen LogP contribution in [0, 0.1) is 0 Å². The zero-order chi connectivity index (χ0) is 12.8. The molecular weight excluding hydrogens is 220 g/mol. The average molecular weight is 238 g/mol. The number of hydrogen-bond acceptors (Lipinski definition) is 4. The van der Waals surface area contributed by atoms with E-state index in [1.54, 1.807) is 38.5 Å². The fourth-order valence-electron chi connectivity index (χ4n) is 1.57. The summed E-state index contributed by atoms with van der Waals surface area (Å²) in [5.41, 5.74) is 6.52. The Kier molecular flexibility index (Phi) is 4.93. The number of anilines is 1. The van der Waals surface area contributed by atoms with E-state index in [9.17, 15) is 4.79 Å². The summed E-state index contributed by atoms with van der Waals surface area (Å²) in [5.74, 6) is -0.434. The van der Waals surface area contributed by atoms with Gasteiger partial charge in [0.1, 0.15) is 0 Å². The van der Waals surface area contributed by atoms with Gasteiger partial charge >= 0.3 is 0 Å². The minimum atomic E-state index is -0.434. The molecule has 0 spiro atoms. The second-order valence-corrected chi connectivity index (χ2v) is 3.71. The molecule has 1 aromatic rings. The summed E-state index contributed by atoms with van der Waals surface area (Å²) < 4.78 is 10.3. The molecule has 0 radical (unpaired) electrons. The molecule has 0 bridgehead atoms. The molecule has 1 rings (SSSR count). The monoisotopic (exact) mass is 238 g/mol. The summed E-state index contributed by atoms with van der Waals surface area (Å²) in [6.45, 7) is 1.94. The summed E-state index contributed by atoms with van der Waals surface area (Å²) in [6.07, 6.45) is -0.328. The molecule has 0 fully saturated rings. The van der Waals surface area contributed by atoms with Gasteiger partial charge in [0.25, 0.3) is 0 Å². The number of nitrogens with two attached hydrogens (primary N) is 1. The highest BCUT2D eigenvalue weighted by Gasteiger charge is 2.15. The summed E-state index contributed by atoms with van der Waals surface area (Å²) >= 11 is 0. The molecule has 5 heteroatoms. The second kappa shape index (κ2) is 6.22. The molecule has 94 valence electrons. The van der Waals surface area contributed by atoms with E-state index in [4.69, 9.17) is 15.2 Å². The Morgan fingerprint density at radius 2 is 1.76 bits per heavy atom. The maximum atomic E-state index is 10.9. The minimum absolute atomic E-state index is 0.00979. The molecule has 1 atom stereocenters. The lowest BCUT2D eigenvalue weighted by Crippen LogP contribution is -2.33. The molecule has 1 unspecified atom stereocenters. The van der Waals surface area contributed by atoms with E-state index in [2.05, 4.69) is 5.32 Å². The van der Waals surface area contributed by atoms with Gasteiger partial charge in [-0.05, 0) is 31.2 Å². The highest BCUT2D eigenvalue weighted by atomic mass is 16.7. The first-order chi connectivity index (χ1) is 8.08. The SMILES string of the molecule is COC(OC)C(C)Nc1ccc(C(N)=O)cc1. The van der Waals surface area contributed by atoms with Gasteiger partial charge in [0, 0.05) is 25.5 Å². The van der Waals surface area contributed by atoms with Crippen LogP contribution in [0.4, 0.5) is 5.69 Å². The zero-order valence-electron chi connectivity index (χ0n) is 10.3. The molecule has 0 saturated carbocycles. The maximum Gasteiger partial charge on any atom is 0.248 e. The van der Waals surface area contributed by atoms with Crippen molar-refractivity contribution in [3.8, 4) is 0 Å². The van der Waals surface area contributed by atoms with Crippen LogP contribution in [-0.2, 0) is 9.47 Å².